The molecule has 1 aliphatic heterocycles. The summed E-state index contributed by atoms with van der Waals surface area (Å²) in [6.45, 7) is 5.38. The highest BCUT2D eigenvalue weighted by Crippen LogP contribution is 2.30. The molecule has 0 radical (unpaired) electrons. The van der Waals surface area contributed by atoms with Crippen LogP contribution in [0.15, 0.2) is 18.2 Å². The predicted octanol–water partition coefficient (Wildman–Crippen LogP) is 2.32. The van der Waals surface area contributed by atoms with Crippen LogP contribution in [0.1, 0.15) is 43.5 Å². The van der Waals surface area contributed by atoms with Crippen molar-refractivity contribution in [2.24, 2.45) is 11.8 Å². The van der Waals surface area contributed by atoms with Crippen LogP contribution in [0.2, 0.25) is 0 Å². The lowest BCUT2D eigenvalue weighted by Crippen LogP contribution is -2.50. The molecule has 0 unspecified atom stereocenters. The van der Waals surface area contributed by atoms with Crippen LogP contribution in [-0.2, 0) is 14.3 Å². The zero-order chi connectivity index (χ0) is 25.7. The summed E-state index contributed by atoms with van der Waals surface area (Å²) in [4.78, 5) is 44.3. The van der Waals surface area contributed by atoms with Gasteiger partial charge in [-0.05, 0) is 52.1 Å². The van der Waals surface area contributed by atoms with Crippen molar-refractivity contribution in [1.29, 1.82) is 0 Å². The van der Waals surface area contributed by atoms with E-state index in [4.69, 9.17) is 9.47 Å². The molecule has 1 aliphatic carbocycles. The third kappa shape index (κ3) is 6.73. The maximum absolute atomic E-state index is 13.4. The van der Waals surface area contributed by atoms with Gasteiger partial charge in [0.05, 0.1) is 24.3 Å². The summed E-state index contributed by atoms with van der Waals surface area (Å²) in [7, 11) is 7.10. The van der Waals surface area contributed by atoms with Crippen LogP contribution < -0.4 is 10.1 Å². The molecule has 3 atom stereocenters. The third-order valence-corrected chi connectivity index (χ3v) is 6.96. The van der Waals surface area contributed by atoms with E-state index >= 15 is 0 Å². The van der Waals surface area contributed by atoms with Crippen LogP contribution in [0.5, 0.6) is 5.75 Å². The van der Waals surface area contributed by atoms with Crippen LogP contribution in [-0.4, -0.2) is 99.1 Å². The lowest BCUT2D eigenvalue weighted by atomic mass is 9.85. The number of likely N-dealkylation sites (N-methyl/N-ethyl adjacent to an activating group) is 2. The number of nitrogens with zero attached hydrogens (tertiary/aromatic N) is 3. The highest BCUT2D eigenvalue weighted by atomic mass is 16.5. The molecule has 1 heterocycles. The molecular formula is C26H40N4O5. The SMILES string of the molecule is CO[C@H]1CN(C)C(=O)c2cc(NC(=O)C3CCC3)ccc2OC[C@@H](C)N(C(=O)CN(C)C)C[C@H]1C. The Hall–Kier alpha value is -2.65. The standard InChI is InChI=1S/C26H40N4O5/c1-17-13-30(24(31)15-28(3)4)18(2)16-35-22-11-10-20(27-25(32)19-8-7-9-19)12-21(22)26(33)29(5)14-23(17)34-6/h10-12,17-19,23H,7-9,13-16H2,1-6H3,(H,27,32)/t17-,18-,23+/m1/s1. The molecule has 194 valence electrons. The van der Waals surface area contributed by atoms with Gasteiger partial charge in [-0.2, -0.15) is 0 Å². The Morgan fingerprint density at radius 2 is 1.91 bits per heavy atom. The number of methoxy groups -OCH3 is 1. The van der Waals surface area contributed by atoms with Gasteiger partial charge in [0, 0.05) is 44.8 Å². The second-order valence-corrected chi connectivity index (χ2v) is 10.2. The predicted molar refractivity (Wildman–Crippen MR) is 135 cm³/mol. The molecule has 1 N–H and O–H groups in total. The number of carbonyl (C=O) groups is 3. The van der Waals surface area contributed by atoms with Gasteiger partial charge in [0.15, 0.2) is 0 Å². The van der Waals surface area contributed by atoms with E-state index in [1.54, 1.807) is 37.3 Å². The van der Waals surface area contributed by atoms with Crippen molar-refractivity contribution >= 4 is 23.4 Å². The van der Waals surface area contributed by atoms with Gasteiger partial charge in [-0.3, -0.25) is 14.4 Å². The smallest absolute Gasteiger partial charge is 0.257 e. The van der Waals surface area contributed by atoms with Crippen molar-refractivity contribution in [1.82, 2.24) is 14.7 Å². The van der Waals surface area contributed by atoms with Gasteiger partial charge in [-0.1, -0.05) is 13.3 Å². The molecule has 1 saturated carbocycles. The Balaban J connectivity index is 1.91. The van der Waals surface area contributed by atoms with Crippen LogP contribution in [0.25, 0.3) is 0 Å². The largest absolute Gasteiger partial charge is 0.491 e. The van der Waals surface area contributed by atoms with Crippen molar-refractivity contribution in [3.8, 4) is 5.75 Å². The molecule has 1 aromatic rings. The summed E-state index contributed by atoms with van der Waals surface area (Å²) >= 11 is 0. The van der Waals surface area contributed by atoms with Crippen molar-refractivity contribution in [3.05, 3.63) is 23.8 Å². The van der Waals surface area contributed by atoms with Crippen molar-refractivity contribution < 1.29 is 23.9 Å². The van der Waals surface area contributed by atoms with E-state index in [1.807, 2.05) is 37.7 Å². The minimum Gasteiger partial charge on any atom is -0.491 e. The van der Waals surface area contributed by atoms with Crippen LogP contribution in [0, 0.1) is 11.8 Å². The van der Waals surface area contributed by atoms with Crippen LogP contribution in [0.4, 0.5) is 5.69 Å². The van der Waals surface area contributed by atoms with Gasteiger partial charge >= 0.3 is 0 Å². The minimum absolute atomic E-state index is 0.00388. The number of hydrogen-bond acceptors (Lipinski definition) is 6. The maximum atomic E-state index is 13.4. The number of nitrogens with one attached hydrogen (secondary N) is 1. The van der Waals surface area contributed by atoms with Gasteiger partial charge in [0.1, 0.15) is 12.4 Å². The minimum atomic E-state index is -0.254. The van der Waals surface area contributed by atoms with E-state index in [1.165, 1.54) is 0 Å². The third-order valence-electron chi connectivity index (χ3n) is 6.96. The number of hydrogen-bond donors (Lipinski definition) is 1. The number of carbonyl (C=O) groups excluding carboxylic acids is 3. The molecular weight excluding hydrogens is 448 g/mol. The summed E-state index contributed by atoms with van der Waals surface area (Å²) in [6.07, 6.45) is 2.62. The zero-order valence-corrected chi connectivity index (χ0v) is 21.9. The average molecular weight is 489 g/mol. The van der Waals surface area contributed by atoms with E-state index in [0.29, 0.717) is 36.6 Å². The molecule has 9 nitrogen and oxygen atoms in total. The lowest BCUT2D eigenvalue weighted by molar-refractivity contribution is -0.136. The van der Waals surface area contributed by atoms with E-state index < -0.39 is 0 Å². The molecule has 3 rings (SSSR count). The summed E-state index contributed by atoms with van der Waals surface area (Å²) in [5.41, 5.74) is 0.950. The van der Waals surface area contributed by atoms with E-state index in [0.717, 1.165) is 19.3 Å². The average Bonchev–Trinajstić information content (AvgIpc) is 2.76. The van der Waals surface area contributed by atoms with Gasteiger partial charge in [-0.25, -0.2) is 0 Å². The summed E-state index contributed by atoms with van der Waals surface area (Å²) in [5.74, 6) is 0.268. The molecule has 0 saturated heterocycles. The maximum Gasteiger partial charge on any atom is 0.257 e. The molecule has 3 amide bonds. The van der Waals surface area contributed by atoms with Gasteiger partial charge in [-0.15, -0.1) is 0 Å². The Morgan fingerprint density at radius 3 is 2.51 bits per heavy atom. The Morgan fingerprint density at radius 1 is 1.20 bits per heavy atom. The first kappa shape index (κ1) is 26.9. The molecule has 1 aromatic carbocycles. The monoisotopic (exact) mass is 488 g/mol. The second-order valence-electron chi connectivity index (χ2n) is 10.2. The molecule has 9 heteroatoms. The zero-order valence-electron chi connectivity index (χ0n) is 21.9. The van der Waals surface area contributed by atoms with E-state index in [-0.39, 0.29) is 48.3 Å². The quantitative estimate of drug-likeness (QED) is 0.684. The van der Waals surface area contributed by atoms with Crippen molar-refractivity contribution in [3.63, 3.8) is 0 Å². The summed E-state index contributed by atoms with van der Waals surface area (Å²) < 4.78 is 11.9. The second kappa shape index (κ2) is 11.9. The molecule has 1 fully saturated rings. The lowest BCUT2D eigenvalue weighted by Gasteiger charge is -2.36. The number of amides is 3. The molecule has 0 aromatic heterocycles. The first-order valence-corrected chi connectivity index (χ1v) is 12.4. The highest BCUT2D eigenvalue weighted by Gasteiger charge is 2.31. The fourth-order valence-corrected chi connectivity index (χ4v) is 4.48. The van der Waals surface area contributed by atoms with Crippen LogP contribution >= 0.6 is 0 Å². The molecule has 0 spiro atoms. The molecule has 35 heavy (non-hydrogen) atoms. The van der Waals surface area contributed by atoms with Crippen molar-refractivity contribution in [2.75, 3.05) is 59.8 Å². The fraction of sp³-hybridized carbons (Fsp3) is 0.654. The summed E-state index contributed by atoms with van der Waals surface area (Å²) in [5, 5.41) is 2.94. The summed E-state index contributed by atoms with van der Waals surface area (Å²) in [6, 6.07) is 4.95. The highest BCUT2D eigenvalue weighted by molar-refractivity contribution is 6.00. The number of anilines is 1. The normalized spacial score (nSPS) is 24.1. The molecule has 2 aliphatic rings. The van der Waals surface area contributed by atoms with Gasteiger partial charge in [0.2, 0.25) is 11.8 Å². The fourth-order valence-electron chi connectivity index (χ4n) is 4.48. The molecule has 0 bridgehead atoms. The Kier molecular flexibility index (Phi) is 9.13. The topological polar surface area (TPSA) is 91.4 Å². The number of fused-ring (bicyclic) bond motifs is 1. The van der Waals surface area contributed by atoms with Crippen molar-refractivity contribution in [2.45, 2.75) is 45.3 Å². The van der Waals surface area contributed by atoms with E-state index in [2.05, 4.69) is 5.32 Å². The number of benzene rings is 1. The van der Waals surface area contributed by atoms with Gasteiger partial charge < -0.3 is 29.5 Å². The number of rotatable bonds is 5. The van der Waals surface area contributed by atoms with Gasteiger partial charge in [0.25, 0.3) is 5.91 Å². The number of ether oxygens (including phenoxy) is 2. The first-order valence-electron chi connectivity index (χ1n) is 12.4. The Bertz CT molecular complexity index is 917. The van der Waals surface area contributed by atoms with Crippen LogP contribution in [0.3, 0.4) is 0 Å². The Labute approximate surface area is 208 Å². The first-order chi connectivity index (χ1) is 16.6. The van der Waals surface area contributed by atoms with E-state index in [9.17, 15) is 14.4 Å².